The van der Waals surface area contributed by atoms with E-state index in [2.05, 4.69) is 10.2 Å². The molecule has 0 saturated carbocycles. The molecular weight excluding hydrogens is 212 g/mol. The van der Waals surface area contributed by atoms with Gasteiger partial charge in [-0.25, -0.2) is 0 Å². The van der Waals surface area contributed by atoms with Crippen LogP contribution in [0.1, 0.15) is 23.4 Å². The van der Waals surface area contributed by atoms with E-state index in [4.69, 9.17) is 9.90 Å². The molecule has 1 aromatic heterocycles. The van der Waals surface area contributed by atoms with Gasteiger partial charge in [0.25, 0.3) is 12.4 Å². The molecule has 0 aliphatic carbocycles. The summed E-state index contributed by atoms with van der Waals surface area (Å²) in [5, 5.41) is 14.6. The molecule has 7 nitrogen and oxygen atoms in total. The molecule has 0 unspecified atom stereocenters. The third-order valence-electron chi connectivity index (χ3n) is 2.39. The molecule has 1 amide bonds. The van der Waals surface area contributed by atoms with Gasteiger partial charge in [-0.2, -0.15) is 0 Å². The molecule has 0 spiro atoms. The summed E-state index contributed by atoms with van der Waals surface area (Å²) in [6.07, 6.45) is 0. The molecular formula is C9H14N4O3. The number of likely N-dealkylation sites (N-methyl/N-ethyl adjacent to an activating group) is 1. The Bertz CT molecular complexity index is 388. The maximum Gasteiger partial charge on any atom is 0.291 e. The highest BCUT2D eigenvalue weighted by molar-refractivity contribution is 5.91. The van der Waals surface area contributed by atoms with Gasteiger partial charge in [-0.15, -0.1) is 10.2 Å². The minimum Gasteiger partial charge on any atom is -0.483 e. The molecule has 0 radical (unpaired) electrons. The van der Waals surface area contributed by atoms with Gasteiger partial charge in [-0.1, -0.05) is 0 Å². The highest BCUT2D eigenvalue weighted by Gasteiger charge is 2.26. The number of carbonyl (C=O) groups excluding carboxylic acids is 1. The van der Waals surface area contributed by atoms with E-state index in [9.17, 15) is 4.79 Å². The molecule has 0 saturated heterocycles. The molecule has 0 aromatic carbocycles. The first-order chi connectivity index (χ1) is 7.65. The highest BCUT2D eigenvalue weighted by atomic mass is 16.3. The number of amides is 1. The van der Waals surface area contributed by atoms with Crippen molar-refractivity contribution in [1.29, 1.82) is 0 Å². The van der Waals surface area contributed by atoms with Crippen molar-refractivity contribution in [3.63, 3.8) is 0 Å². The zero-order chi connectivity index (χ0) is 12.1. The predicted octanol–water partition coefficient (Wildman–Crippen LogP) is -0.237. The van der Waals surface area contributed by atoms with Crippen LogP contribution in [0.2, 0.25) is 0 Å². The van der Waals surface area contributed by atoms with E-state index in [0.717, 1.165) is 25.5 Å². The van der Waals surface area contributed by atoms with Crippen LogP contribution < -0.4 is 0 Å². The third-order valence-corrected chi connectivity index (χ3v) is 2.39. The largest absolute Gasteiger partial charge is 0.483 e. The number of hydrogen-bond acceptors (Lipinski definition) is 4. The fourth-order valence-corrected chi connectivity index (χ4v) is 1.57. The molecule has 2 rings (SSSR count). The van der Waals surface area contributed by atoms with Crippen LogP contribution in [0.5, 0.6) is 0 Å². The Morgan fingerprint density at radius 2 is 2.06 bits per heavy atom. The van der Waals surface area contributed by atoms with Crippen molar-refractivity contribution in [2.45, 2.75) is 20.4 Å². The molecule has 7 heteroatoms. The third kappa shape index (κ3) is 2.18. The van der Waals surface area contributed by atoms with E-state index >= 15 is 0 Å². The van der Waals surface area contributed by atoms with Crippen LogP contribution >= 0.6 is 0 Å². The van der Waals surface area contributed by atoms with E-state index in [0.29, 0.717) is 5.82 Å². The lowest BCUT2D eigenvalue weighted by Gasteiger charge is -2.25. The van der Waals surface area contributed by atoms with Crippen molar-refractivity contribution in [3.8, 4) is 0 Å². The smallest absolute Gasteiger partial charge is 0.291 e. The number of carbonyl (C=O) groups is 2. The van der Waals surface area contributed by atoms with Crippen molar-refractivity contribution < 1.29 is 14.7 Å². The van der Waals surface area contributed by atoms with Gasteiger partial charge >= 0.3 is 0 Å². The Balaban J connectivity index is 0.000000386. The van der Waals surface area contributed by atoms with Gasteiger partial charge in [0.2, 0.25) is 5.82 Å². The Kier molecular flexibility index (Phi) is 3.98. The Labute approximate surface area is 92.7 Å². The maximum absolute atomic E-state index is 11.7. The summed E-state index contributed by atoms with van der Waals surface area (Å²) < 4.78 is 1.87. The van der Waals surface area contributed by atoms with E-state index < -0.39 is 0 Å². The van der Waals surface area contributed by atoms with E-state index in [-0.39, 0.29) is 12.4 Å². The monoisotopic (exact) mass is 226 g/mol. The number of aromatic nitrogens is 3. The zero-order valence-corrected chi connectivity index (χ0v) is 9.25. The van der Waals surface area contributed by atoms with Crippen molar-refractivity contribution in [2.75, 3.05) is 13.1 Å². The average Bonchev–Trinajstić information content (AvgIpc) is 2.63. The predicted molar refractivity (Wildman–Crippen MR) is 55.0 cm³/mol. The zero-order valence-electron chi connectivity index (χ0n) is 9.25. The average molecular weight is 226 g/mol. The second-order valence-corrected chi connectivity index (χ2v) is 3.21. The van der Waals surface area contributed by atoms with Gasteiger partial charge in [0.05, 0.1) is 0 Å². The molecule has 0 atom stereocenters. The summed E-state index contributed by atoms with van der Waals surface area (Å²) in [6, 6.07) is 0. The maximum atomic E-state index is 11.7. The number of carboxylic acid groups (broad SMARTS) is 1. The molecule has 0 fully saturated rings. The van der Waals surface area contributed by atoms with Crippen LogP contribution in [0, 0.1) is 6.92 Å². The number of fused-ring (bicyclic) bond motifs is 1. The van der Waals surface area contributed by atoms with Crippen LogP contribution in [-0.2, 0) is 11.3 Å². The van der Waals surface area contributed by atoms with Crippen LogP contribution in [0.3, 0.4) is 0 Å². The van der Waals surface area contributed by atoms with Gasteiger partial charge < -0.3 is 14.6 Å². The van der Waals surface area contributed by atoms with Gasteiger partial charge in [-0.3, -0.25) is 9.59 Å². The van der Waals surface area contributed by atoms with Crippen LogP contribution in [0.15, 0.2) is 0 Å². The first-order valence-corrected chi connectivity index (χ1v) is 4.92. The van der Waals surface area contributed by atoms with Crippen LogP contribution in [-0.4, -0.2) is 50.2 Å². The number of hydrogen-bond donors (Lipinski definition) is 1. The van der Waals surface area contributed by atoms with Crippen molar-refractivity contribution in [1.82, 2.24) is 19.7 Å². The summed E-state index contributed by atoms with van der Waals surface area (Å²) in [6.45, 7) is 5.90. The topological polar surface area (TPSA) is 88.3 Å². The number of nitrogens with zero attached hydrogens (tertiary/aromatic N) is 4. The van der Waals surface area contributed by atoms with E-state index in [1.54, 1.807) is 4.90 Å². The first kappa shape index (κ1) is 12.2. The standard InChI is InChI=1S/C8H12N4O.CH2O2/c1-3-11-4-5-12-6(2)9-10-7(12)8(11)13;2-1-3/h3-5H2,1-2H3;1H,(H,2,3). The van der Waals surface area contributed by atoms with Gasteiger partial charge in [0.15, 0.2) is 0 Å². The summed E-state index contributed by atoms with van der Waals surface area (Å²) in [5.74, 6) is 1.29. The second-order valence-electron chi connectivity index (χ2n) is 3.21. The molecule has 1 aliphatic rings. The number of rotatable bonds is 1. The van der Waals surface area contributed by atoms with Gasteiger partial charge in [0.1, 0.15) is 5.82 Å². The number of aryl methyl sites for hydroxylation is 1. The Hall–Kier alpha value is -1.92. The normalized spacial score (nSPS) is 13.9. The van der Waals surface area contributed by atoms with E-state index in [1.807, 2.05) is 18.4 Å². The summed E-state index contributed by atoms with van der Waals surface area (Å²) in [7, 11) is 0. The molecule has 2 heterocycles. The van der Waals surface area contributed by atoms with Crippen molar-refractivity contribution >= 4 is 12.4 Å². The Morgan fingerprint density at radius 3 is 2.62 bits per heavy atom. The van der Waals surface area contributed by atoms with Crippen LogP contribution in [0.25, 0.3) is 0 Å². The summed E-state index contributed by atoms with van der Waals surface area (Å²) >= 11 is 0. The van der Waals surface area contributed by atoms with E-state index in [1.165, 1.54) is 0 Å². The lowest BCUT2D eigenvalue weighted by molar-refractivity contribution is -0.122. The quantitative estimate of drug-likeness (QED) is 0.668. The van der Waals surface area contributed by atoms with Crippen LogP contribution in [0.4, 0.5) is 0 Å². The highest BCUT2D eigenvalue weighted by Crippen LogP contribution is 2.10. The second kappa shape index (κ2) is 5.24. The molecule has 1 aromatic rings. The fourth-order valence-electron chi connectivity index (χ4n) is 1.57. The fraction of sp³-hybridized carbons (Fsp3) is 0.556. The Morgan fingerprint density at radius 1 is 1.44 bits per heavy atom. The molecule has 88 valence electrons. The summed E-state index contributed by atoms with van der Waals surface area (Å²) in [5.41, 5.74) is 0. The van der Waals surface area contributed by atoms with Crippen molar-refractivity contribution in [3.05, 3.63) is 11.6 Å². The lowest BCUT2D eigenvalue weighted by atomic mass is 10.3. The first-order valence-electron chi connectivity index (χ1n) is 4.92. The van der Waals surface area contributed by atoms with Crippen molar-refractivity contribution in [2.24, 2.45) is 0 Å². The van der Waals surface area contributed by atoms with Gasteiger partial charge in [-0.05, 0) is 13.8 Å². The summed E-state index contributed by atoms with van der Waals surface area (Å²) in [4.78, 5) is 21.8. The van der Waals surface area contributed by atoms with Gasteiger partial charge in [0, 0.05) is 19.6 Å². The lowest BCUT2D eigenvalue weighted by Crippen LogP contribution is -2.40. The minimum absolute atomic E-state index is 0.00523. The SMILES string of the molecule is CCN1CCn2c(C)nnc2C1=O.O=CO. The molecule has 1 aliphatic heterocycles. The molecule has 0 bridgehead atoms. The molecule has 16 heavy (non-hydrogen) atoms. The minimum atomic E-state index is -0.250. The molecule has 1 N–H and O–H groups in total.